The van der Waals surface area contributed by atoms with Crippen LogP contribution in [0.3, 0.4) is 0 Å². The second-order valence-electron chi connectivity index (χ2n) is 5.75. The summed E-state index contributed by atoms with van der Waals surface area (Å²) in [6.07, 6.45) is 2.01. The molecule has 1 N–H and O–H groups in total. The number of hydrogen-bond donors (Lipinski definition) is 1. The Labute approximate surface area is 158 Å². The summed E-state index contributed by atoms with van der Waals surface area (Å²) >= 11 is 7.27. The first-order chi connectivity index (χ1) is 12.1. The number of aliphatic hydroxyl groups is 1. The fourth-order valence-corrected chi connectivity index (χ4v) is 3.54. The second kappa shape index (κ2) is 9.57. The van der Waals surface area contributed by atoms with Crippen molar-refractivity contribution in [1.29, 1.82) is 5.26 Å². The molecule has 0 unspecified atom stereocenters. The largest absolute Gasteiger partial charge is 0.509 e. The number of thiazole rings is 1. The zero-order valence-electron chi connectivity index (χ0n) is 14.5. The first-order valence-corrected chi connectivity index (χ1v) is 9.61. The first-order valence-electron chi connectivity index (χ1n) is 8.35. The van der Waals surface area contributed by atoms with Gasteiger partial charge in [0.25, 0.3) is 0 Å². The van der Waals surface area contributed by atoms with Gasteiger partial charge in [-0.25, -0.2) is 4.98 Å². The number of nitriles is 1. The van der Waals surface area contributed by atoms with Crippen LogP contribution in [0.15, 0.2) is 35.4 Å². The molecular formula is C19H22ClN3OS. The van der Waals surface area contributed by atoms with Crippen LogP contribution in [0.4, 0.5) is 0 Å². The standard InChI is InChI=1S/C19H22ClN3OS/c1-3-9-23(10-4-2)12-18(24)16(11-21)19-22-17(13-25-19)14-5-7-15(20)8-6-14/h5-8,13,24H,3-4,9-10,12H2,1-2H3/b18-16-. The number of benzene rings is 1. The fraction of sp³-hybridized carbons (Fsp3) is 0.368. The highest BCUT2D eigenvalue weighted by molar-refractivity contribution is 7.11. The third kappa shape index (κ3) is 5.30. The molecule has 0 bridgehead atoms. The van der Waals surface area contributed by atoms with Crippen molar-refractivity contribution in [3.05, 3.63) is 45.4 Å². The van der Waals surface area contributed by atoms with Gasteiger partial charge >= 0.3 is 0 Å². The summed E-state index contributed by atoms with van der Waals surface area (Å²) in [5.74, 6) is 0.0846. The summed E-state index contributed by atoms with van der Waals surface area (Å²) in [5, 5.41) is 23.1. The molecule has 0 radical (unpaired) electrons. The highest BCUT2D eigenvalue weighted by atomic mass is 35.5. The van der Waals surface area contributed by atoms with Gasteiger partial charge in [0.05, 0.1) is 12.2 Å². The number of rotatable bonds is 8. The number of aliphatic hydroxyl groups excluding tert-OH is 1. The maximum Gasteiger partial charge on any atom is 0.138 e. The number of halogens is 1. The maximum absolute atomic E-state index is 10.5. The van der Waals surface area contributed by atoms with Crippen LogP contribution >= 0.6 is 22.9 Å². The van der Waals surface area contributed by atoms with E-state index in [-0.39, 0.29) is 11.3 Å². The Hall–Kier alpha value is -1.87. The molecule has 0 spiro atoms. The Morgan fingerprint density at radius 2 is 1.88 bits per heavy atom. The monoisotopic (exact) mass is 375 g/mol. The number of allylic oxidation sites excluding steroid dienone is 1. The average molecular weight is 376 g/mol. The van der Waals surface area contributed by atoms with Crippen LogP contribution in [0, 0.1) is 11.3 Å². The van der Waals surface area contributed by atoms with E-state index in [2.05, 4.69) is 29.8 Å². The summed E-state index contributed by atoms with van der Waals surface area (Å²) in [7, 11) is 0. The van der Waals surface area contributed by atoms with Crippen molar-refractivity contribution >= 4 is 28.5 Å². The molecule has 0 amide bonds. The highest BCUT2D eigenvalue weighted by Crippen LogP contribution is 2.28. The van der Waals surface area contributed by atoms with Crippen LogP contribution in [0.25, 0.3) is 16.8 Å². The molecule has 1 aromatic heterocycles. The molecule has 2 rings (SSSR count). The van der Waals surface area contributed by atoms with E-state index in [9.17, 15) is 10.4 Å². The fourth-order valence-electron chi connectivity index (χ4n) is 2.57. The molecule has 25 heavy (non-hydrogen) atoms. The van der Waals surface area contributed by atoms with Crippen LogP contribution in [0.5, 0.6) is 0 Å². The molecule has 132 valence electrons. The quantitative estimate of drug-likeness (QED) is 0.497. The number of hydrogen-bond acceptors (Lipinski definition) is 5. The lowest BCUT2D eigenvalue weighted by Gasteiger charge is -2.20. The maximum atomic E-state index is 10.5. The van der Waals surface area contributed by atoms with Crippen LogP contribution in [-0.4, -0.2) is 34.6 Å². The zero-order chi connectivity index (χ0) is 18.2. The van der Waals surface area contributed by atoms with E-state index in [1.165, 1.54) is 11.3 Å². The molecule has 0 saturated carbocycles. The van der Waals surface area contributed by atoms with Crippen LogP contribution < -0.4 is 0 Å². The van der Waals surface area contributed by atoms with E-state index in [0.29, 0.717) is 16.6 Å². The smallest absolute Gasteiger partial charge is 0.138 e. The van der Waals surface area contributed by atoms with Crippen molar-refractivity contribution in [3.8, 4) is 17.3 Å². The van der Waals surface area contributed by atoms with Gasteiger partial charge in [-0.1, -0.05) is 37.6 Å². The summed E-state index contributed by atoms with van der Waals surface area (Å²) in [6.45, 7) is 6.37. The minimum absolute atomic E-state index is 0.0846. The highest BCUT2D eigenvalue weighted by Gasteiger charge is 2.16. The van der Waals surface area contributed by atoms with Gasteiger partial charge in [-0.2, -0.15) is 5.26 Å². The van der Waals surface area contributed by atoms with Gasteiger partial charge in [-0.05, 0) is 38.1 Å². The molecule has 0 aliphatic rings. The Morgan fingerprint density at radius 1 is 1.24 bits per heavy atom. The molecule has 0 aliphatic carbocycles. The Morgan fingerprint density at radius 3 is 2.44 bits per heavy atom. The van der Waals surface area contributed by atoms with Crippen LogP contribution in [0.2, 0.25) is 5.02 Å². The van der Waals surface area contributed by atoms with Crippen molar-refractivity contribution in [2.45, 2.75) is 26.7 Å². The van der Waals surface area contributed by atoms with E-state index in [1.54, 1.807) is 0 Å². The number of nitrogens with zero attached hydrogens (tertiary/aromatic N) is 3. The van der Waals surface area contributed by atoms with Crippen LogP contribution in [0.1, 0.15) is 31.7 Å². The molecule has 0 saturated heterocycles. The second-order valence-corrected chi connectivity index (χ2v) is 7.05. The van der Waals surface area contributed by atoms with E-state index in [1.807, 2.05) is 29.6 Å². The lowest BCUT2D eigenvalue weighted by Crippen LogP contribution is -2.28. The van der Waals surface area contributed by atoms with E-state index in [0.717, 1.165) is 37.2 Å². The van der Waals surface area contributed by atoms with E-state index < -0.39 is 0 Å². The third-order valence-corrected chi connectivity index (χ3v) is 4.82. The first kappa shape index (κ1) is 19.5. The molecule has 1 heterocycles. The van der Waals surface area contributed by atoms with Crippen molar-refractivity contribution in [1.82, 2.24) is 9.88 Å². The van der Waals surface area contributed by atoms with Gasteiger partial charge < -0.3 is 5.11 Å². The predicted molar refractivity (Wildman–Crippen MR) is 105 cm³/mol. The van der Waals surface area contributed by atoms with E-state index in [4.69, 9.17) is 11.6 Å². The lowest BCUT2D eigenvalue weighted by molar-refractivity contribution is 0.251. The zero-order valence-corrected chi connectivity index (χ0v) is 16.1. The molecule has 2 aromatic rings. The molecule has 4 nitrogen and oxygen atoms in total. The normalized spacial score (nSPS) is 12.1. The van der Waals surface area contributed by atoms with Crippen LogP contribution in [-0.2, 0) is 0 Å². The molecule has 1 aromatic carbocycles. The molecule has 0 aliphatic heterocycles. The molecule has 0 fully saturated rings. The van der Waals surface area contributed by atoms with E-state index >= 15 is 0 Å². The van der Waals surface area contributed by atoms with Crippen molar-refractivity contribution in [2.24, 2.45) is 0 Å². The van der Waals surface area contributed by atoms with Gasteiger partial charge in [0.2, 0.25) is 0 Å². The van der Waals surface area contributed by atoms with Gasteiger partial charge in [0, 0.05) is 16.0 Å². The average Bonchev–Trinajstić information content (AvgIpc) is 3.06. The van der Waals surface area contributed by atoms with Gasteiger partial charge in [-0.15, -0.1) is 11.3 Å². The summed E-state index contributed by atoms with van der Waals surface area (Å²) in [6, 6.07) is 9.51. The Bertz CT molecular complexity index is 756. The summed E-state index contributed by atoms with van der Waals surface area (Å²) < 4.78 is 0. The minimum Gasteiger partial charge on any atom is -0.509 e. The Balaban J connectivity index is 2.25. The van der Waals surface area contributed by atoms with Crippen molar-refractivity contribution < 1.29 is 5.11 Å². The van der Waals surface area contributed by atoms with Gasteiger partial charge in [-0.3, -0.25) is 4.90 Å². The minimum atomic E-state index is 0.0846. The summed E-state index contributed by atoms with van der Waals surface area (Å²) in [5.41, 5.74) is 1.96. The topological polar surface area (TPSA) is 60.1 Å². The van der Waals surface area contributed by atoms with Crippen molar-refractivity contribution in [3.63, 3.8) is 0 Å². The molecular weight excluding hydrogens is 354 g/mol. The lowest BCUT2D eigenvalue weighted by atomic mass is 10.2. The number of aromatic nitrogens is 1. The predicted octanol–water partition coefficient (Wildman–Crippen LogP) is 5.38. The van der Waals surface area contributed by atoms with Crippen molar-refractivity contribution in [2.75, 3.05) is 19.6 Å². The molecule has 0 atom stereocenters. The van der Waals surface area contributed by atoms with Gasteiger partial charge in [0.1, 0.15) is 22.4 Å². The summed E-state index contributed by atoms with van der Waals surface area (Å²) in [4.78, 5) is 6.67. The SMILES string of the molecule is CCCN(CCC)C/C(O)=C(\C#N)c1nc(-c2ccc(Cl)cc2)cs1. The Kier molecular flexibility index (Phi) is 7.45. The van der Waals surface area contributed by atoms with Gasteiger partial charge in [0.15, 0.2) is 0 Å². The molecule has 6 heteroatoms. The third-order valence-electron chi connectivity index (χ3n) is 3.71.